The second-order valence-corrected chi connectivity index (χ2v) is 4.38. The molecule has 0 aliphatic rings. The van der Waals surface area contributed by atoms with Gasteiger partial charge < -0.3 is 15.0 Å². The molecular formula is C14H25N3O. The van der Waals surface area contributed by atoms with Gasteiger partial charge >= 0.3 is 0 Å². The average Bonchev–Trinajstić information content (AvgIpc) is 2.38. The zero-order valence-corrected chi connectivity index (χ0v) is 11.9. The van der Waals surface area contributed by atoms with Gasteiger partial charge in [-0.05, 0) is 32.5 Å². The quantitative estimate of drug-likeness (QED) is 0.767. The van der Waals surface area contributed by atoms with Crippen LogP contribution in [0.1, 0.15) is 26.5 Å². The van der Waals surface area contributed by atoms with Gasteiger partial charge in [0.25, 0.3) is 0 Å². The van der Waals surface area contributed by atoms with Crippen LogP contribution in [0.3, 0.4) is 0 Å². The Morgan fingerprint density at radius 2 is 2.22 bits per heavy atom. The molecule has 0 amide bonds. The maximum absolute atomic E-state index is 5.23. The number of methoxy groups -OCH3 is 1. The van der Waals surface area contributed by atoms with Crippen molar-refractivity contribution in [2.24, 2.45) is 0 Å². The Labute approximate surface area is 110 Å². The van der Waals surface area contributed by atoms with Crippen LogP contribution in [0.2, 0.25) is 0 Å². The van der Waals surface area contributed by atoms with Crippen LogP contribution in [0.5, 0.6) is 0 Å². The maximum atomic E-state index is 5.23. The second kappa shape index (κ2) is 8.06. The van der Waals surface area contributed by atoms with E-state index in [4.69, 9.17) is 4.74 Å². The zero-order chi connectivity index (χ0) is 13.4. The molecule has 0 bridgehead atoms. The molecule has 0 saturated heterocycles. The van der Waals surface area contributed by atoms with Crippen molar-refractivity contribution in [3.05, 3.63) is 24.0 Å². The van der Waals surface area contributed by atoms with Gasteiger partial charge in [0.05, 0.1) is 12.3 Å². The fraction of sp³-hybridized carbons (Fsp3) is 0.643. The largest absolute Gasteiger partial charge is 0.383 e. The van der Waals surface area contributed by atoms with Crippen molar-refractivity contribution in [3.8, 4) is 0 Å². The summed E-state index contributed by atoms with van der Waals surface area (Å²) in [6.07, 6.45) is 1.88. The first kappa shape index (κ1) is 14.9. The Morgan fingerprint density at radius 3 is 2.83 bits per heavy atom. The molecule has 0 aromatic carbocycles. The monoisotopic (exact) mass is 251 g/mol. The van der Waals surface area contributed by atoms with Crippen molar-refractivity contribution >= 4 is 5.69 Å². The van der Waals surface area contributed by atoms with E-state index in [1.807, 2.05) is 6.20 Å². The van der Waals surface area contributed by atoms with Gasteiger partial charge in [-0.2, -0.15) is 0 Å². The van der Waals surface area contributed by atoms with Crippen LogP contribution >= 0.6 is 0 Å². The fourth-order valence-electron chi connectivity index (χ4n) is 2.07. The van der Waals surface area contributed by atoms with E-state index in [1.165, 1.54) is 5.69 Å². The summed E-state index contributed by atoms with van der Waals surface area (Å²) in [5.41, 5.74) is 2.29. The minimum Gasteiger partial charge on any atom is -0.383 e. The van der Waals surface area contributed by atoms with Gasteiger partial charge in [0.15, 0.2) is 0 Å². The molecule has 0 fully saturated rings. The molecule has 1 heterocycles. The number of likely N-dealkylation sites (N-methyl/N-ethyl adjacent to an activating group) is 1. The second-order valence-electron chi connectivity index (χ2n) is 4.38. The molecule has 0 radical (unpaired) electrons. The van der Waals surface area contributed by atoms with E-state index in [1.54, 1.807) is 7.11 Å². The first-order chi connectivity index (χ1) is 8.72. The predicted octanol–water partition coefficient (Wildman–Crippen LogP) is 2.05. The third kappa shape index (κ3) is 4.27. The first-order valence-electron chi connectivity index (χ1n) is 6.64. The molecule has 0 spiro atoms. The highest BCUT2D eigenvalue weighted by Gasteiger charge is 2.13. The van der Waals surface area contributed by atoms with Gasteiger partial charge in [-0.3, -0.25) is 4.98 Å². The Bertz CT molecular complexity index is 344. The SMILES string of the molecule is CCNCc1cc(N(CC)C(C)COC)ccn1. The van der Waals surface area contributed by atoms with E-state index in [9.17, 15) is 0 Å². The highest BCUT2D eigenvalue weighted by Crippen LogP contribution is 2.17. The summed E-state index contributed by atoms with van der Waals surface area (Å²) < 4.78 is 5.23. The van der Waals surface area contributed by atoms with Crippen LogP contribution in [0.4, 0.5) is 5.69 Å². The lowest BCUT2D eigenvalue weighted by molar-refractivity contribution is 0.182. The van der Waals surface area contributed by atoms with E-state index >= 15 is 0 Å². The Kier molecular flexibility index (Phi) is 6.68. The van der Waals surface area contributed by atoms with Gasteiger partial charge in [-0.25, -0.2) is 0 Å². The number of anilines is 1. The van der Waals surface area contributed by atoms with Gasteiger partial charge in [-0.15, -0.1) is 0 Å². The average molecular weight is 251 g/mol. The molecule has 1 rings (SSSR count). The van der Waals surface area contributed by atoms with E-state index in [0.29, 0.717) is 6.04 Å². The number of rotatable bonds is 8. The third-order valence-electron chi connectivity index (χ3n) is 2.97. The Balaban J connectivity index is 2.78. The van der Waals surface area contributed by atoms with E-state index in [0.717, 1.165) is 31.9 Å². The normalized spacial score (nSPS) is 12.4. The highest BCUT2D eigenvalue weighted by molar-refractivity contribution is 5.47. The van der Waals surface area contributed by atoms with Gasteiger partial charge in [0.1, 0.15) is 0 Å². The van der Waals surface area contributed by atoms with Crippen molar-refractivity contribution in [1.82, 2.24) is 10.3 Å². The summed E-state index contributed by atoms with van der Waals surface area (Å²) in [6, 6.07) is 4.58. The summed E-state index contributed by atoms with van der Waals surface area (Å²) in [4.78, 5) is 6.71. The summed E-state index contributed by atoms with van der Waals surface area (Å²) in [5.74, 6) is 0. The number of hydrogen-bond donors (Lipinski definition) is 1. The van der Waals surface area contributed by atoms with Gasteiger partial charge in [0.2, 0.25) is 0 Å². The molecule has 4 nitrogen and oxygen atoms in total. The molecule has 1 aromatic rings. The third-order valence-corrected chi connectivity index (χ3v) is 2.97. The molecule has 1 N–H and O–H groups in total. The smallest absolute Gasteiger partial charge is 0.0663 e. The van der Waals surface area contributed by atoms with Crippen LogP contribution in [0, 0.1) is 0 Å². The lowest BCUT2D eigenvalue weighted by Crippen LogP contribution is -2.36. The minimum absolute atomic E-state index is 0.370. The molecule has 102 valence electrons. The summed E-state index contributed by atoms with van der Waals surface area (Å²) in [7, 11) is 1.74. The molecule has 1 atom stereocenters. The first-order valence-corrected chi connectivity index (χ1v) is 6.64. The van der Waals surface area contributed by atoms with Crippen molar-refractivity contribution < 1.29 is 4.74 Å². The van der Waals surface area contributed by atoms with Crippen LogP contribution in [0.25, 0.3) is 0 Å². The molecule has 0 saturated carbocycles. The Hall–Kier alpha value is -1.13. The summed E-state index contributed by atoms with van der Waals surface area (Å²) in [6.45, 7) is 9.93. The van der Waals surface area contributed by atoms with E-state index < -0.39 is 0 Å². The lowest BCUT2D eigenvalue weighted by atomic mass is 10.2. The number of hydrogen-bond acceptors (Lipinski definition) is 4. The van der Waals surface area contributed by atoms with Crippen LogP contribution in [-0.4, -0.2) is 37.8 Å². The molecule has 1 unspecified atom stereocenters. The number of ether oxygens (including phenoxy) is 1. The molecular weight excluding hydrogens is 226 g/mol. The van der Waals surface area contributed by atoms with Crippen LogP contribution < -0.4 is 10.2 Å². The minimum atomic E-state index is 0.370. The molecule has 4 heteroatoms. The van der Waals surface area contributed by atoms with Crippen LogP contribution in [0.15, 0.2) is 18.3 Å². The number of nitrogens with zero attached hydrogens (tertiary/aromatic N) is 2. The number of aromatic nitrogens is 1. The number of pyridine rings is 1. The summed E-state index contributed by atoms with van der Waals surface area (Å²) >= 11 is 0. The number of nitrogens with one attached hydrogen (secondary N) is 1. The molecule has 0 aliphatic carbocycles. The standard InChI is InChI=1S/C14H25N3O/c1-5-15-10-13-9-14(7-8-16-13)17(6-2)12(3)11-18-4/h7-9,12,15H,5-6,10-11H2,1-4H3. The molecule has 18 heavy (non-hydrogen) atoms. The molecule has 1 aromatic heterocycles. The predicted molar refractivity (Wildman–Crippen MR) is 76.0 cm³/mol. The van der Waals surface area contributed by atoms with E-state index in [-0.39, 0.29) is 0 Å². The zero-order valence-electron chi connectivity index (χ0n) is 11.9. The Morgan fingerprint density at radius 1 is 1.44 bits per heavy atom. The van der Waals surface area contributed by atoms with Gasteiger partial charge in [-0.1, -0.05) is 6.92 Å². The summed E-state index contributed by atoms with van der Waals surface area (Å²) in [5, 5.41) is 3.30. The van der Waals surface area contributed by atoms with E-state index in [2.05, 4.69) is 48.1 Å². The molecule has 0 aliphatic heterocycles. The van der Waals surface area contributed by atoms with Crippen molar-refractivity contribution in [2.45, 2.75) is 33.4 Å². The van der Waals surface area contributed by atoms with Crippen molar-refractivity contribution in [3.63, 3.8) is 0 Å². The maximum Gasteiger partial charge on any atom is 0.0663 e. The topological polar surface area (TPSA) is 37.4 Å². The van der Waals surface area contributed by atoms with Crippen LogP contribution in [-0.2, 0) is 11.3 Å². The fourth-order valence-corrected chi connectivity index (χ4v) is 2.07. The van der Waals surface area contributed by atoms with Crippen molar-refractivity contribution in [1.29, 1.82) is 0 Å². The van der Waals surface area contributed by atoms with Crippen molar-refractivity contribution in [2.75, 3.05) is 31.7 Å². The van der Waals surface area contributed by atoms with Gasteiger partial charge in [0, 0.05) is 38.1 Å². The highest BCUT2D eigenvalue weighted by atomic mass is 16.5. The lowest BCUT2D eigenvalue weighted by Gasteiger charge is -2.29.